The number of aromatic nitrogens is 4. The summed E-state index contributed by atoms with van der Waals surface area (Å²) in [7, 11) is 1.76. The third-order valence-corrected chi connectivity index (χ3v) is 4.57. The summed E-state index contributed by atoms with van der Waals surface area (Å²) in [5.41, 5.74) is 5.04. The Morgan fingerprint density at radius 3 is 2.83 bits per heavy atom. The van der Waals surface area contributed by atoms with E-state index in [0.717, 1.165) is 61.0 Å². The molecule has 0 spiro atoms. The number of aromatic amines is 1. The Morgan fingerprint density at radius 2 is 2.17 bits per heavy atom. The number of methoxy groups -OCH3 is 1. The number of aryl methyl sites for hydroxylation is 2. The fraction of sp³-hybridized carbons (Fsp3) is 0.588. The Hall–Kier alpha value is -1.79. The molecular formula is C17H25N5O. The van der Waals surface area contributed by atoms with E-state index in [-0.39, 0.29) is 0 Å². The summed E-state index contributed by atoms with van der Waals surface area (Å²) in [4.78, 5) is 11.7. The van der Waals surface area contributed by atoms with Crippen LogP contribution in [0, 0.1) is 19.8 Å². The van der Waals surface area contributed by atoms with Crippen molar-refractivity contribution < 1.29 is 4.74 Å². The summed E-state index contributed by atoms with van der Waals surface area (Å²) < 4.78 is 5.15. The van der Waals surface area contributed by atoms with E-state index in [1.54, 1.807) is 7.11 Å². The third-order valence-electron chi connectivity index (χ3n) is 4.57. The van der Waals surface area contributed by atoms with E-state index < -0.39 is 0 Å². The van der Waals surface area contributed by atoms with Crippen molar-refractivity contribution in [2.24, 2.45) is 5.92 Å². The lowest BCUT2D eigenvalue weighted by atomic mass is 10.0. The van der Waals surface area contributed by atoms with Crippen molar-refractivity contribution in [1.29, 1.82) is 0 Å². The van der Waals surface area contributed by atoms with Crippen LogP contribution in [0.5, 0.6) is 0 Å². The zero-order chi connectivity index (χ0) is 16.2. The second-order valence-corrected chi connectivity index (χ2v) is 6.35. The van der Waals surface area contributed by atoms with Gasteiger partial charge in [-0.15, -0.1) is 0 Å². The molecule has 1 fully saturated rings. The number of likely N-dealkylation sites (tertiary alicyclic amines) is 1. The van der Waals surface area contributed by atoms with Crippen LogP contribution in [-0.2, 0) is 11.2 Å². The van der Waals surface area contributed by atoms with Crippen molar-refractivity contribution in [1.82, 2.24) is 25.1 Å². The minimum atomic E-state index is 0.671. The normalized spacial score (nSPS) is 18.7. The highest BCUT2D eigenvalue weighted by molar-refractivity contribution is 5.63. The predicted molar refractivity (Wildman–Crippen MR) is 89.2 cm³/mol. The molecular weight excluding hydrogens is 290 g/mol. The summed E-state index contributed by atoms with van der Waals surface area (Å²) in [6.07, 6.45) is 6.02. The zero-order valence-electron chi connectivity index (χ0n) is 14.2. The van der Waals surface area contributed by atoms with Crippen molar-refractivity contribution in [3.05, 3.63) is 29.5 Å². The molecule has 1 saturated heterocycles. The van der Waals surface area contributed by atoms with Gasteiger partial charge in [-0.1, -0.05) is 0 Å². The van der Waals surface area contributed by atoms with Crippen LogP contribution in [0.15, 0.2) is 12.4 Å². The molecule has 6 heteroatoms. The summed E-state index contributed by atoms with van der Waals surface area (Å²) in [5, 5.41) is 7.22. The van der Waals surface area contributed by atoms with Gasteiger partial charge in [0.1, 0.15) is 0 Å². The molecule has 2 aromatic heterocycles. The predicted octanol–water partition coefficient (Wildman–Crippen LogP) is 1.99. The monoisotopic (exact) mass is 315 g/mol. The summed E-state index contributed by atoms with van der Waals surface area (Å²) in [6.45, 7) is 8.13. The molecule has 1 atom stereocenters. The van der Waals surface area contributed by atoms with Gasteiger partial charge < -0.3 is 9.64 Å². The van der Waals surface area contributed by atoms with Crippen molar-refractivity contribution >= 4 is 0 Å². The molecule has 0 radical (unpaired) electrons. The first-order chi connectivity index (χ1) is 11.2. The molecule has 1 N–H and O–H groups in total. The van der Waals surface area contributed by atoms with Crippen molar-refractivity contribution in [3.63, 3.8) is 0 Å². The Labute approximate surface area is 137 Å². The van der Waals surface area contributed by atoms with Gasteiger partial charge in [0.15, 0.2) is 0 Å². The van der Waals surface area contributed by atoms with Gasteiger partial charge in [-0.05, 0) is 39.2 Å². The highest BCUT2D eigenvalue weighted by Crippen LogP contribution is 2.24. The molecule has 1 aliphatic rings. The van der Waals surface area contributed by atoms with E-state index in [2.05, 4.69) is 25.1 Å². The third kappa shape index (κ3) is 3.76. The number of nitrogens with one attached hydrogen (secondary N) is 1. The van der Waals surface area contributed by atoms with Gasteiger partial charge in [-0.3, -0.25) is 15.1 Å². The van der Waals surface area contributed by atoms with Crippen molar-refractivity contribution in [2.45, 2.75) is 26.7 Å². The van der Waals surface area contributed by atoms with Gasteiger partial charge >= 0.3 is 0 Å². The maximum atomic E-state index is 5.15. The molecule has 2 aromatic rings. The second kappa shape index (κ2) is 7.19. The Bertz CT molecular complexity index is 617. The molecule has 3 heterocycles. The minimum absolute atomic E-state index is 0.671. The lowest BCUT2D eigenvalue weighted by Crippen LogP contribution is -2.25. The van der Waals surface area contributed by atoms with E-state index in [1.165, 1.54) is 6.42 Å². The first-order valence-electron chi connectivity index (χ1n) is 8.21. The van der Waals surface area contributed by atoms with E-state index >= 15 is 0 Å². The first kappa shape index (κ1) is 16.1. The average molecular weight is 315 g/mol. The molecule has 23 heavy (non-hydrogen) atoms. The second-order valence-electron chi connectivity index (χ2n) is 6.35. The van der Waals surface area contributed by atoms with Crippen LogP contribution in [0.2, 0.25) is 0 Å². The van der Waals surface area contributed by atoms with Crippen LogP contribution in [-0.4, -0.2) is 58.4 Å². The van der Waals surface area contributed by atoms with E-state index in [0.29, 0.717) is 5.92 Å². The highest BCUT2D eigenvalue weighted by Gasteiger charge is 2.22. The van der Waals surface area contributed by atoms with Gasteiger partial charge in [0, 0.05) is 37.7 Å². The van der Waals surface area contributed by atoms with Crippen LogP contribution in [0.25, 0.3) is 11.3 Å². The number of rotatable bonds is 6. The molecule has 0 amide bonds. The SMILES string of the molecule is COCCN1CCC(Cc2cnc(-c3c(C)n[nH]c3C)cn2)C1. The smallest absolute Gasteiger partial charge is 0.0922 e. The number of H-pyrrole nitrogens is 1. The molecule has 0 bridgehead atoms. The molecule has 3 rings (SSSR count). The van der Waals surface area contributed by atoms with Crippen molar-refractivity contribution in [2.75, 3.05) is 33.4 Å². The fourth-order valence-corrected chi connectivity index (χ4v) is 3.32. The quantitative estimate of drug-likeness (QED) is 0.883. The topological polar surface area (TPSA) is 66.9 Å². The molecule has 1 aliphatic heterocycles. The summed E-state index contributed by atoms with van der Waals surface area (Å²) in [5.74, 6) is 0.671. The Morgan fingerprint density at radius 1 is 1.30 bits per heavy atom. The van der Waals surface area contributed by atoms with Gasteiger partial charge in [-0.25, -0.2) is 0 Å². The largest absolute Gasteiger partial charge is 0.383 e. The number of ether oxygens (including phenoxy) is 1. The van der Waals surface area contributed by atoms with Crippen LogP contribution in [0.1, 0.15) is 23.5 Å². The fourth-order valence-electron chi connectivity index (χ4n) is 3.32. The number of nitrogens with zero attached hydrogens (tertiary/aromatic N) is 4. The average Bonchev–Trinajstić information content (AvgIpc) is 3.13. The lowest BCUT2D eigenvalue weighted by molar-refractivity contribution is 0.159. The van der Waals surface area contributed by atoms with Gasteiger partial charge in [-0.2, -0.15) is 5.10 Å². The van der Waals surface area contributed by atoms with Crippen LogP contribution in [0.4, 0.5) is 0 Å². The summed E-state index contributed by atoms with van der Waals surface area (Å²) in [6, 6.07) is 0. The molecule has 1 unspecified atom stereocenters. The number of hydrogen-bond donors (Lipinski definition) is 1. The van der Waals surface area contributed by atoms with Gasteiger partial charge in [0.25, 0.3) is 0 Å². The van der Waals surface area contributed by atoms with E-state index in [9.17, 15) is 0 Å². The standard InChI is InChI=1S/C17H25N5O/c1-12-17(13(2)21-20-12)16-10-18-15(9-19-16)8-14-4-5-22(11-14)6-7-23-3/h9-10,14H,4-8,11H2,1-3H3,(H,20,21). The number of hydrogen-bond acceptors (Lipinski definition) is 5. The zero-order valence-corrected chi connectivity index (χ0v) is 14.2. The lowest BCUT2D eigenvalue weighted by Gasteiger charge is -2.15. The van der Waals surface area contributed by atoms with Gasteiger partial charge in [0.05, 0.1) is 29.9 Å². The Kier molecular flexibility index (Phi) is 5.03. The molecule has 124 valence electrons. The van der Waals surface area contributed by atoms with Gasteiger partial charge in [0.2, 0.25) is 0 Å². The molecule has 0 aliphatic carbocycles. The first-order valence-corrected chi connectivity index (χ1v) is 8.21. The molecule has 0 saturated carbocycles. The Balaban J connectivity index is 1.60. The van der Waals surface area contributed by atoms with Crippen LogP contribution >= 0.6 is 0 Å². The van der Waals surface area contributed by atoms with E-state index in [1.807, 2.05) is 26.2 Å². The highest BCUT2D eigenvalue weighted by atomic mass is 16.5. The van der Waals surface area contributed by atoms with Crippen LogP contribution in [0.3, 0.4) is 0 Å². The van der Waals surface area contributed by atoms with E-state index in [4.69, 9.17) is 4.74 Å². The minimum Gasteiger partial charge on any atom is -0.383 e. The van der Waals surface area contributed by atoms with Crippen LogP contribution < -0.4 is 0 Å². The molecule has 0 aromatic carbocycles. The summed E-state index contributed by atoms with van der Waals surface area (Å²) >= 11 is 0. The van der Waals surface area contributed by atoms with Crippen molar-refractivity contribution in [3.8, 4) is 11.3 Å². The maximum absolute atomic E-state index is 5.15. The molecule has 6 nitrogen and oxygen atoms in total. The maximum Gasteiger partial charge on any atom is 0.0922 e.